The van der Waals surface area contributed by atoms with Gasteiger partial charge in [-0.05, 0) is 24.3 Å². The van der Waals surface area contributed by atoms with Gasteiger partial charge in [-0.2, -0.15) is 0 Å². The lowest BCUT2D eigenvalue weighted by molar-refractivity contribution is -0.384. The molecular formula is C18H22N4O4. The lowest BCUT2D eigenvalue weighted by atomic mass is 10.1. The zero-order valence-electron chi connectivity index (χ0n) is 14.9. The van der Waals surface area contributed by atoms with Gasteiger partial charge in [-0.3, -0.25) is 15.0 Å². The molecule has 0 aliphatic carbocycles. The fourth-order valence-corrected chi connectivity index (χ4v) is 3.14. The Balaban J connectivity index is 1.67. The summed E-state index contributed by atoms with van der Waals surface area (Å²) in [5.74, 6) is 2.06. The Morgan fingerprint density at radius 1 is 1.15 bits per heavy atom. The van der Waals surface area contributed by atoms with Crippen LogP contribution in [-0.2, 0) is 6.54 Å². The van der Waals surface area contributed by atoms with Crippen LogP contribution in [0.5, 0.6) is 11.5 Å². The van der Waals surface area contributed by atoms with E-state index in [1.165, 1.54) is 6.07 Å². The maximum Gasteiger partial charge on any atom is 0.311 e. The van der Waals surface area contributed by atoms with E-state index in [0.29, 0.717) is 18.9 Å². The zero-order valence-corrected chi connectivity index (χ0v) is 14.9. The molecule has 0 atom stereocenters. The van der Waals surface area contributed by atoms with Crippen LogP contribution in [0.3, 0.4) is 0 Å². The van der Waals surface area contributed by atoms with Gasteiger partial charge < -0.3 is 14.4 Å². The number of rotatable bonds is 6. The van der Waals surface area contributed by atoms with Crippen LogP contribution in [0.4, 0.5) is 11.5 Å². The van der Waals surface area contributed by atoms with Crippen LogP contribution in [0, 0.1) is 10.1 Å². The molecule has 0 amide bonds. The number of methoxy groups -OCH3 is 2. The molecule has 1 saturated heterocycles. The van der Waals surface area contributed by atoms with E-state index in [1.54, 1.807) is 26.5 Å². The molecule has 0 radical (unpaired) electrons. The number of hydrogen-bond acceptors (Lipinski definition) is 7. The van der Waals surface area contributed by atoms with Crippen LogP contribution in [-0.4, -0.2) is 55.2 Å². The number of anilines is 1. The fraction of sp³-hybridized carbons (Fsp3) is 0.389. The first-order valence-corrected chi connectivity index (χ1v) is 8.40. The number of piperazine rings is 1. The van der Waals surface area contributed by atoms with Crippen molar-refractivity contribution >= 4 is 11.5 Å². The number of aromatic nitrogens is 1. The van der Waals surface area contributed by atoms with E-state index in [9.17, 15) is 10.1 Å². The highest BCUT2D eigenvalue weighted by Crippen LogP contribution is 2.28. The van der Waals surface area contributed by atoms with Gasteiger partial charge >= 0.3 is 5.69 Å². The molecule has 2 heterocycles. The molecule has 1 fully saturated rings. The Labute approximate surface area is 152 Å². The Bertz CT molecular complexity index is 776. The molecule has 1 aromatic carbocycles. The van der Waals surface area contributed by atoms with Gasteiger partial charge in [-0.15, -0.1) is 0 Å². The predicted octanol–water partition coefficient (Wildman–Crippen LogP) is 2.33. The third-order valence-corrected chi connectivity index (χ3v) is 4.52. The molecule has 2 aromatic rings. The van der Waals surface area contributed by atoms with Crippen LogP contribution in [0.15, 0.2) is 36.5 Å². The number of pyridine rings is 1. The van der Waals surface area contributed by atoms with Gasteiger partial charge in [-0.25, -0.2) is 4.98 Å². The molecule has 0 N–H and O–H groups in total. The normalized spacial score (nSPS) is 14.9. The molecule has 3 rings (SSSR count). The molecule has 0 saturated carbocycles. The second kappa shape index (κ2) is 8.01. The van der Waals surface area contributed by atoms with Gasteiger partial charge in [0.15, 0.2) is 0 Å². The highest BCUT2D eigenvalue weighted by Gasteiger charge is 2.25. The molecule has 1 aromatic heterocycles. The predicted molar refractivity (Wildman–Crippen MR) is 97.9 cm³/mol. The summed E-state index contributed by atoms with van der Waals surface area (Å²) >= 11 is 0. The second-order valence-electron chi connectivity index (χ2n) is 6.04. The van der Waals surface area contributed by atoms with Crippen molar-refractivity contribution in [1.29, 1.82) is 0 Å². The van der Waals surface area contributed by atoms with Crippen molar-refractivity contribution in [3.63, 3.8) is 0 Å². The van der Waals surface area contributed by atoms with E-state index in [0.717, 1.165) is 36.7 Å². The van der Waals surface area contributed by atoms with Gasteiger partial charge in [0.1, 0.15) is 11.5 Å². The smallest absolute Gasteiger partial charge is 0.311 e. The molecule has 1 aliphatic heterocycles. The van der Waals surface area contributed by atoms with Crippen LogP contribution < -0.4 is 14.4 Å². The molecule has 0 unspecified atom stereocenters. The topological polar surface area (TPSA) is 81.0 Å². The summed E-state index contributed by atoms with van der Waals surface area (Å²) in [5.41, 5.74) is 1.11. The summed E-state index contributed by atoms with van der Waals surface area (Å²) in [4.78, 5) is 19.3. The molecule has 26 heavy (non-hydrogen) atoms. The Hall–Kier alpha value is -2.87. The van der Waals surface area contributed by atoms with Crippen LogP contribution in [0.25, 0.3) is 0 Å². The average Bonchev–Trinajstić information content (AvgIpc) is 2.68. The third-order valence-electron chi connectivity index (χ3n) is 4.52. The van der Waals surface area contributed by atoms with Crippen molar-refractivity contribution in [2.24, 2.45) is 0 Å². The summed E-state index contributed by atoms with van der Waals surface area (Å²) in [7, 11) is 3.30. The number of nitrogens with zero attached hydrogens (tertiary/aromatic N) is 4. The van der Waals surface area contributed by atoms with Crippen molar-refractivity contribution in [2.45, 2.75) is 6.54 Å². The first-order valence-electron chi connectivity index (χ1n) is 8.40. The Kier molecular flexibility index (Phi) is 5.52. The number of nitro groups is 1. The monoisotopic (exact) mass is 358 g/mol. The SMILES string of the molecule is COc1ccc(OC)c(CN2CCN(c3ncccc3[N+](=O)[O-])CC2)c1. The third kappa shape index (κ3) is 3.85. The Morgan fingerprint density at radius 2 is 1.92 bits per heavy atom. The van der Waals surface area contributed by atoms with Crippen LogP contribution in [0.1, 0.15) is 5.56 Å². The number of hydrogen-bond donors (Lipinski definition) is 0. The highest BCUT2D eigenvalue weighted by molar-refractivity contribution is 5.57. The molecule has 8 nitrogen and oxygen atoms in total. The largest absolute Gasteiger partial charge is 0.497 e. The highest BCUT2D eigenvalue weighted by atomic mass is 16.6. The minimum atomic E-state index is -0.379. The molecule has 138 valence electrons. The number of ether oxygens (including phenoxy) is 2. The van der Waals surface area contributed by atoms with E-state index < -0.39 is 0 Å². The zero-order chi connectivity index (χ0) is 18.5. The summed E-state index contributed by atoms with van der Waals surface area (Å²) in [5, 5.41) is 11.2. The van der Waals surface area contributed by atoms with Crippen LogP contribution >= 0.6 is 0 Å². The second-order valence-corrected chi connectivity index (χ2v) is 6.04. The fourth-order valence-electron chi connectivity index (χ4n) is 3.14. The lowest BCUT2D eigenvalue weighted by Gasteiger charge is -2.35. The van der Waals surface area contributed by atoms with Crippen molar-refractivity contribution < 1.29 is 14.4 Å². The Morgan fingerprint density at radius 3 is 2.58 bits per heavy atom. The van der Waals surface area contributed by atoms with Gasteiger partial charge in [0.25, 0.3) is 0 Å². The van der Waals surface area contributed by atoms with Crippen molar-refractivity contribution in [2.75, 3.05) is 45.3 Å². The van der Waals surface area contributed by atoms with Gasteiger partial charge in [-0.1, -0.05) is 0 Å². The van der Waals surface area contributed by atoms with E-state index in [-0.39, 0.29) is 10.6 Å². The molecule has 0 bridgehead atoms. The van der Waals surface area contributed by atoms with Gasteiger partial charge in [0.2, 0.25) is 5.82 Å². The minimum Gasteiger partial charge on any atom is -0.497 e. The van der Waals surface area contributed by atoms with Crippen molar-refractivity contribution in [3.05, 3.63) is 52.2 Å². The average molecular weight is 358 g/mol. The van der Waals surface area contributed by atoms with Crippen LogP contribution in [0.2, 0.25) is 0 Å². The van der Waals surface area contributed by atoms with E-state index >= 15 is 0 Å². The summed E-state index contributed by atoms with van der Waals surface area (Å²) in [6.45, 7) is 3.68. The molecule has 0 spiro atoms. The molecular weight excluding hydrogens is 336 g/mol. The first-order chi connectivity index (χ1) is 12.6. The van der Waals surface area contributed by atoms with Gasteiger partial charge in [0, 0.05) is 50.6 Å². The summed E-state index contributed by atoms with van der Waals surface area (Å²) in [6, 6.07) is 8.85. The maximum atomic E-state index is 11.2. The minimum absolute atomic E-state index is 0.0513. The van der Waals surface area contributed by atoms with E-state index in [2.05, 4.69) is 9.88 Å². The molecule has 1 aliphatic rings. The number of benzene rings is 1. The van der Waals surface area contributed by atoms with Crippen molar-refractivity contribution in [3.8, 4) is 11.5 Å². The lowest BCUT2D eigenvalue weighted by Crippen LogP contribution is -2.46. The summed E-state index contributed by atoms with van der Waals surface area (Å²) < 4.78 is 10.7. The maximum absolute atomic E-state index is 11.2. The summed E-state index contributed by atoms with van der Waals surface area (Å²) in [6.07, 6.45) is 1.59. The van der Waals surface area contributed by atoms with E-state index in [1.807, 2.05) is 23.1 Å². The van der Waals surface area contributed by atoms with Gasteiger partial charge in [0.05, 0.1) is 19.1 Å². The standard InChI is InChI=1S/C18H22N4O4/c1-25-15-5-6-17(26-2)14(12-15)13-20-8-10-21(11-9-20)18-16(22(23)24)4-3-7-19-18/h3-7,12H,8-11,13H2,1-2H3. The van der Waals surface area contributed by atoms with E-state index in [4.69, 9.17) is 9.47 Å². The molecule has 8 heteroatoms. The first kappa shape index (κ1) is 17.9. The quantitative estimate of drug-likeness (QED) is 0.579. The van der Waals surface area contributed by atoms with Crippen molar-refractivity contribution in [1.82, 2.24) is 9.88 Å².